The highest BCUT2D eigenvalue weighted by molar-refractivity contribution is 7.13. The summed E-state index contributed by atoms with van der Waals surface area (Å²) in [5, 5.41) is 10.6. The number of nitrogens with zero attached hydrogens (tertiary/aromatic N) is 3. The average Bonchev–Trinajstić information content (AvgIpc) is 3.24. The van der Waals surface area contributed by atoms with Crippen LogP contribution in [0.25, 0.3) is 11.3 Å². The van der Waals surface area contributed by atoms with Crippen LogP contribution in [0.15, 0.2) is 40.4 Å². The smallest absolute Gasteiger partial charge is 0.226 e. The maximum atomic E-state index is 11.8. The standard InChI is InChI=1S/C17H18N4O2S/c1-11(2)12-3-5-13(6-4-12)14-9-18-16(23-14)8-7-15(22)20-17-21-19-10-24-17/h3-6,9-11H,7-8H2,1-2H3,(H,20,21,22). The molecule has 6 nitrogen and oxygen atoms in total. The third-order valence-electron chi connectivity index (χ3n) is 3.59. The molecule has 1 amide bonds. The number of hydrogen-bond donors (Lipinski definition) is 1. The van der Waals surface area contributed by atoms with E-state index >= 15 is 0 Å². The molecule has 3 rings (SSSR count). The normalized spacial score (nSPS) is 11.0. The molecule has 0 bridgehead atoms. The maximum absolute atomic E-state index is 11.8. The number of aromatic nitrogens is 3. The summed E-state index contributed by atoms with van der Waals surface area (Å²) in [5.41, 5.74) is 3.84. The van der Waals surface area contributed by atoms with Gasteiger partial charge in [0.05, 0.1) is 6.20 Å². The lowest BCUT2D eigenvalue weighted by molar-refractivity contribution is -0.116. The first-order chi connectivity index (χ1) is 11.6. The van der Waals surface area contributed by atoms with Gasteiger partial charge in [-0.1, -0.05) is 49.4 Å². The number of rotatable bonds is 6. The highest BCUT2D eigenvalue weighted by Crippen LogP contribution is 2.23. The molecule has 124 valence electrons. The molecule has 0 aliphatic heterocycles. The first kappa shape index (κ1) is 16.3. The number of carbonyl (C=O) groups is 1. The van der Waals surface area contributed by atoms with E-state index < -0.39 is 0 Å². The second-order valence-electron chi connectivity index (χ2n) is 5.69. The van der Waals surface area contributed by atoms with E-state index in [4.69, 9.17) is 4.42 Å². The summed E-state index contributed by atoms with van der Waals surface area (Å²) in [4.78, 5) is 16.1. The minimum absolute atomic E-state index is 0.132. The summed E-state index contributed by atoms with van der Waals surface area (Å²) in [6.45, 7) is 4.32. The predicted octanol–water partition coefficient (Wildman–Crippen LogP) is 3.89. The quantitative estimate of drug-likeness (QED) is 0.735. The van der Waals surface area contributed by atoms with Crippen LogP contribution in [0.2, 0.25) is 0 Å². The molecule has 1 N–H and O–H groups in total. The van der Waals surface area contributed by atoms with E-state index in [1.165, 1.54) is 16.9 Å². The van der Waals surface area contributed by atoms with Crippen LogP contribution in [-0.2, 0) is 11.2 Å². The predicted molar refractivity (Wildman–Crippen MR) is 92.9 cm³/mol. The molecule has 0 unspecified atom stereocenters. The van der Waals surface area contributed by atoms with E-state index in [-0.39, 0.29) is 12.3 Å². The number of nitrogens with one attached hydrogen (secondary N) is 1. The molecule has 24 heavy (non-hydrogen) atoms. The fourth-order valence-electron chi connectivity index (χ4n) is 2.22. The molecule has 0 fully saturated rings. The Balaban J connectivity index is 1.58. The number of carbonyl (C=O) groups excluding carboxylic acids is 1. The van der Waals surface area contributed by atoms with Crippen molar-refractivity contribution < 1.29 is 9.21 Å². The molecule has 0 saturated carbocycles. The maximum Gasteiger partial charge on any atom is 0.226 e. The van der Waals surface area contributed by atoms with Gasteiger partial charge >= 0.3 is 0 Å². The number of hydrogen-bond acceptors (Lipinski definition) is 6. The number of oxazole rings is 1. The Morgan fingerprint density at radius 2 is 2.08 bits per heavy atom. The lowest BCUT2D eigenvalue weighted by Gasteiger charge is -2.05. The zero-order valence-electron chi connectivity index (χ0n) is 13.5. The largest absolute Gasteiger partial charge is 0.441 e. The van der Waals surface area contributed by atoms with Crippen molar-refractivity contribution in [2.75, 3.05) is 5.32 Å². The molecule has 0 radical (unpaired) electrons. The van der Waals surface area contributed by atoms with Crippen molar-refractivity contribution in [1.82, 2.24) is 15.2 Å². The second-order valence-corrected chi connectivity index (χ2v) is 6.52. The zero-order valence-corrected chi connectivity index (χ0v) is 14.3. The highest BCUT2D eigenvalue weighted by Gasteiger charge is 2.10. The Bertz CT molecular complexity index is 794. The number of benzene rings is 1. The van der Waals surface area contributed by atoms with Gasteiger partial charge in [-0.25, -0.2) is 4.98 Å². The van der Waals surface area contributed by atoms with Crippen LogP contribution in [0, 0.1) is 0 Å². The van der Waals surface area contributed by atoms with E-state index in [9.17, 15) is 4.79 Å². The Morgan fingerprint density at radius 1 is 1.29 bits per heavy atom. The van der Waals surface area contributed by atoms with Crippen LogP contribution < -0.4 is 5.32 Å². The van der Waals surface area contributed by atoms with Gasteiger partial charge < -0.3 is 9.73 Å². The first-order valence-corrected chi connectivity index (χ1v) is 8.61. The minimum Gasteiger partial charge on any atom is -0.441 e. The molecule has 0 atom stereocenters. The van der Waals surface area contributed by atoms with Gasteiger partial charge in [-0.05, 0) is 11.5 Å². The highest BCUT2D eigenvalue weighted by atomic mass is 32.1. The zero-order chi connectivity index (χ0) is 16.9. The van der Waals surface area contributed by atoms with E-state index in [1.807, 2.05) is 12.1 Å². The van der Waals surface area contributed by atoms with Crippen molar-refractivity contribution >= 4 is 22.4 Å². The molecule has 0 spiro atoms. The summed E-state index contributed by atoms with van der Waals surface area (Å²) in [7, 11) is 0. The first-order valence-electron chi connectivity index (χ1n) is 7.73. The SMILES string of the molecule is CC(C)c1ccc(-c2cnc(CCC(=O)Nc3nncs3)o2)cc1. The van der Waals surface area contributed by atoms with Crippen molar-refractivity contribution in [2.45, 2.75) is 32.6 Å². The minimum atomic E-state index is -0.132. The van der Waals surface area contributed by atoms with Crippen molar-refractivity contribution in [3.05, 3.63) is 47.4 Å². The van der Waals surface area contributed by atoms with Crippen molar-refractivity contribution in [2.24, 2.45) is 0 Å². The molecule has 2 aromatic heterocycles. The number of aryl methyl sites for hydroxylation is 1. The fourth-order valence-corrected chi connectivity index (χ4v) is 2.68. The molecule has 0 aliphatic carbocycles. The van der Waals surface area contributed by atoms with Gasteiger partial charge in [-0.3, -0.25) is 4.79 Å². The van der Waals surface area contributed by atoms with Gasteiger partial charge in [0.15, 0.2) is 11.7 Å². The summed E-state index contributed by atoms with van der Waals surface area (Å²) < 4.78 is 5.74. The van der Waals surface area contributed by atoms with Crippen LogP contribution in [0.4, 0.5) is 5.13 Å². The molecule has 7 heteroatoms. The number of anilines is 1. The van der Waals surface area contributed by atoms with Gasteiger partial charge in [0, 0.05) is 18.4 Å². The van der Waals surface area contributed by atoms with Crippen molar-refractivity contribution in [3.8, 4) is 11.3 Å². The van der Waals surface area contributed by atoms with E-state index in [0.29, 0.717) is 29.1 Å². The topological polar surface area (TPSA) is 80.9 Å². The van der Waals surface area contributed by atoms with Gasteiger partial charge in [0.1, 0.15) is 5.51 Å². The van der Waals surface area contributed by atoms with Gasteiger partial charge in [-0.2, -0.15) is 0 Å². The number of amides is 1. The van der Waals surface area contributed by atoms with Crippen LogP contribution in [0.1, 0.15) is 37.6 Å². The van der Waals surface area contributed by atoms with Gasteiger partial charge in [-0.15, -0.1) is 10.2 Å². The molecule has 0 saturated heterocycles. The molecular weight excluding hydrogens is 324 g/mol. The Hall–Kier alpha value is -2.54. The molecule has 0 aliphatic rings. The molecular formula is C17H18N4O2S. The van der Waals surface area contributed by atoms with Crippen molar-refractivity contribution in [1.29, 1.82) is 0 Å². The Labute approximate surface area is 144 Å². The van der Waals surface area contributed by atoms with E-state index in [1.54, 1.807) is 11.7 Å². The van der Waals surface area contributed by atoms with Crippen LogP contribution in [-0.4, -0.2) is 21.1 Å². The van der Waals surface area contributed by atoms with Crippen LogP contribution in [0.5, 0.6) is 0 Å². The van der Waals surface area contributed by atoms with Crippen LogP contribution in [0.3, 0.4) is 0 Å². The average molecular weight is 342 g/mol. The summed E-state index contributed by atoms with van der Waals surface area (Å²) >= 11 is 1.28. The van der Waals surface area contributed by atoms with Gasteiger partial charge in [0.2, 0.25) is 11.0 Å². The molecule has 2 heterocycles. The third kappa shape index (κ3) is 4.05. The monoisotopic (exact) mass is 342 g/mol. The Kier molecular flexibility index (Phi) is 5.00. The van der Waals surface area contributed by atoms with E-state index in [0.717, 1.165) is 5.56 Å². The molecule has 1 aromatic carbocycles. The Morgan fingerprint density at radius 3 is 2.75 bits per heavy atom. The third-order valence-corrected chi connectivity index (χ3v) is 4.19. The fraction of sp³-hybridized carbons (Fsp3) is 0.294. The molecule has 3 aromatic rings. The lowest BCUT2D eigenvalue weighted by atomic mass is 10.0. The second kappa shape index (κ2) is 7.35. The summed E-state index contributed by atoms with van der Waals surface area (Å²) in [6.07, 6.45) is 2.42. The van der Waals surface area contributed by atoms with Crippen molar-refractivity contribution in [3.63, 3.8) is 0 Å². The van der Waals surface area contributed by atoms with Crippen LogP contribution >= 0.6 is 11.3 Å². The lowest BCUT2D eigenvalue weighted by Crippen LogP contribution is -2.12. The summed E-state index contributed by atoms with van der Waals surface area (Å²) in [5.74, 6) is 1.62. The van der Waals surface area contributed by atoms with Gasteiger partial charge in [0.25, 0.3) is 0 Å². The van der Waals surface area contributed by atoms with E-state index in [2.05, 4.69) is 46.5 Å². The summed E-state index contributed by atoms with van der Waals surface area (Å²) in [6, 6.07) is 8.25.